The molecular weight excluding hydrogens is 316 g/mol. The number of benzene rings is 2. The van der Waals surface area contributed by atoms with Gasteiger partial charge in [-0.25, -0.2) is 13.8 Å². The number of rotatable bonds is 3. The number of nitrogens with zero attached hydrogens (tertiary/aromatic N) is 2. The summed E-state index contributed by atoms with van der Waals surface area (Å²) in [4.78, 5) is 28.3. The number of hydrogen-bond acceptors (Lipinski definition) is 3. The molecule has 1 amide bonds. The Morgan fingerprint density at radius 3 is 2.50 bits per heavy atom. The predicted molar refractivity (Wildman–Crippen MR) is 84.1 cm³/mol. The average molecular weight is 327 g/mol. The van der Waals surface area contributed by atoms with Crippen LogP contribution in [0.1, 0.15) is 10.4 Å². The summed E-state index contributed by atoms with van der Waals surface area (Å²) in [5.41, 5.74) is -0.104. The molecule has 0 bridgehead atoms. The van der Waals surface area contributed by atoms with Crippen LogP contribution in [0.25, 0.3) is 5.69 Å². The van der Waals surface area contributed by atoms with E-state index in [1.807, 2.05) is 0 Å². The quantitative estimate of drug-likeness (QED) is 0.804. The third-order valence-electron chi connectivity index (χ3n) is 3.26. The first-order valence-corrected chi connectivity index (χ1v) is 6.95. The van der Waals surface area contributed by atoms with E-state index in [1.165, 1.54) is 59.4 Å². The third kappa shape index (κ3) is 3.19. The first kappa shape index (κ1) is 15.5. The van der Waals surface area contributed by atoms with E-state index in [-0.39, 0.29) is 11.4 Å². The van der Waals surface area contributed by atoms with E-state index < -0.39 is 23.1 Å². The standard InChI is InChI=1S/C17H11F2N3O2/c18-12-4-6-14(7-5-12)22-9-8-20-15(17(22)24)21-16(23)11-2-1-3-13(19)10-11/h1-10H,(H,20,21,23). The first-order valence-electron chi connectivity index (χ1n) is 6.95. The summed E-state index contributed by atoms with van der Waals surface area (Å²) in [5.74, 6) is -1.86. The van der Waals surface area contributed by atoms with Crippen LogP contribution in [0.5, 0.6) is 0 Å². The third-order valence-corrected chi connectivity index (χ3v) is 3.26. The number of hydrogen-bond donors (Lipinski definition) is 1. The van der Waals surface area contributed by atoms with Crippen molar-refractivity contribution in [1.29, 1.82) is 0 Å². The minimum atomic E-state index is -0.657. The van der Waals surface area contributed by atoms with Crippen LogP contribution in [0.3, 0.4) is 0 Å². The minimum Gasteiger partial charge on any atom is -0.302 e. The number of nitrogens with one attached hydrogen (secondary N) is 1. The maximum atomic E-state index is 13.2. The number of carbonyl (C=O) groups excluding carboxylic acids is 1. The van der Waals surface area contributed by atoms with E-state index in [2.05, 4.69) is 10.3 Å². The maximum Gasteiger partial charge on any atom is 0.298 e. The summed E-state index contributed by atoms with van der Waals surface area (Å²) in [7, 11) is 0. The van der Waals surface area contributed by atoms with Crippen molar-refractivity contribution in [2.75, 3.05) is 5.32 Å². The van der Waals surface area contributed by atoms with Crippen LogP contribution in [0.4, 0.5) is 14.6 Å². The molecular formula is C17H11F2N3O2. The van der Waals surface area contributed by atoms with Crippen molar-refractivity contribution in [3.8, 4) is 5.69 Å². The van der Waals surface area contributed by atoms with Crippen molar-refractivity contribution in [1.82, 2.24) is 9.55 Å². The molecule has 0 atom stereocenters. The second-order valence-corrected chi connectivity index (χ2v) is 4.89. The van der Waals surface area contributed by atoms with Crippen molar-refractivity contribution in [2.45, 2.75) is 0 Å². The smallest absolute Gasteiger partial charge is 0.298 e. The molecule has 0 unspecified atom stereocenters. The lowest BCUT2D eigenvalue weighted by Gasteiger charge is -2.08. The lowest BCUT2D eigenvalue weighted by molar-refractivity contribution is 0.102. The summed E-state index contributed by atoms with van der Waals surface area (Å²) in [5, 5.41) is 2.35. The number of anilines is 1. The molecule has 120 valence electrons. The Kier molecular flexibility index (Phi) is 4.15. The van der Waals surface area contributed by atoms with Crippen LogP contribution in [0.2, 0.25) is 0 Å². The van der Waals surface area contributed by atoms with Crippen LogP contribution in [-0.4, -0.2) is 15.5 Å². The van der Waals surface area contributed by atoms with Gasteiger partial charge in [0.2, 0.25) is 0 Å². The molecule has 0 aliphatic heterocycles. The van der Waals surface area contributed by atoms with Crippen LogP contribution >= 0.6 is 0 Å². The number of aromatic nitrogens is 2. The van der Waals surface area contributed by atoms with E-state index in [9.17, 15) is 18.4 Å². The molecule has 1 heterocycles. The Labute approximate surface area is 135 Å². The largest absolute Gasteiger partial charge is 0.302 e. The van der Waals surface area contributed by atoms with Crippen LogP contribution in [-0.2, 0) is 0 Å². The van der Waals surface area contributed by atoms with E-state index in [4.69, 9.17) is 0 Å². The van der Waals surface area contributed by atoms with Gasteiger partial charge in [-0.1, -0.05) is 6.07 Å². The molecule has 5 nitrogen and oxygen atoms in total. The van der Waals surface area contributed by atoms with E-state index in [0.29, 0.717) is 5.69 Å². The molecule has 3 aromatic rings. The van der Waals surface area contributed by atoms with Crippen molar-refractivity contribution in [3.63, 3.8) is 0 Å². The molecule has 1 aromatic heterocycles. The monoisotopic (exact) mass is 327 g/mol. The van der Waals surface area contributed by atoms with Gasteiger partial charge in [0.25, 0.3) is 11.5 Å². The molecule has 7 heteroatoms. The van der Waals surface area contributed by atoms with Gasteiger partial charge in [0.05, 0.1) is 0 Å². The Hall–Kier alpha value is -3.35. The number of halogens is 2. The molecule has 0 fully saturated rings. The highest BCUT2D eigenvalue weighted by molar-refractivity contribution is 6.03. The second-order valence-electron chi connectivity index (χ2n) is 4.89. The fraction of sp³-hybridized carbons (Fsp3) is 0. The van der Waals surface area contributed by atoms with Crippen molar-refractivity contribution >= 4 is 11.7 Å². The van der Waals surface area contributed by atoms with E-state index in [0.717, 1.165) is 6.07 Å². The molecule has 0 saturated carbocycles. The Morgan fingerprint density at radius 1 is 1.04 bits per heavy atom. The Balaban J connectivity index is 1.92. The summed E-state index contributed by atoms with van der Waals surface area (Å²) >= 11 is 0. The van der Waals surface area contributed by atoms with Crippen LogP contribution in [0, 0.1) is 11.6 Å². The van der Waals surface area contributed by atoms with Gasteiger partial charge in [-0.05, 0) is 42.5 Å². The fourth-order valence-corrected chi connectivity index (χ4v) is 2.11. The first-order chi connectivity index (χ1) is 11.5. The molecule has 2 aromatic carbocycles. The van der Waals surface area contributed by atoms with Crippen molar-refractivity contribution < 1.29 is 13.6 Å². The van der Waals surface area contributed by atoms with Gasteiger partial charge in [0, 0.05) is 23.6 Å². The zero-order valence-corrected chi connectivity index (χ0v) is 12.2. The molecule has 1 N–H and O–H groups in total. The summed E-state index contributed by atoms with van der Waals surface area (Å²) in [6, 6.07) is 10.3. The minimum absolute atomic E-state index is 0.0633. The van der Waals surface area contributed by atoms with E-state index >= 15 is 0 Å². The Bertz CT molecular complexity index is 953. The summed E-state index contributed by atoms with van der Waals surface area (Å²) in [6.07, 6.45) is 2.72. The van der Waals surface area contributed by atoms with Crippen molar-refractivity contribution in [2.24, 2.45) is 0 Å². The predicted octanol–water partition coefficient (Wildman–Crippen LogP) is 2.76. The van der Waals surface area contributed by atoms with Gasteiger partial charge in [-0.2, -0.15) is 0 Å². The maximum absolute atomic E-state index is 13.2. The van der Waals surface area contributed by atoms with Crippen LogP contribution < -0.4 is 10.9 Å². The van der Waals surface area contributed by atoms with Gasteiger partial charge in [0.15, 0.2) is 5.82 Å². The number of amides is 1. The van der Waals surface area contributed by atoms with Gasteiger partial charge in [-0.3, -0.25) is 14.2 Å². The zero-order valence-electron chi connectivity index (χ0n) is 12.2. The lowest BCUT2D eigenvalue weighted by Crippen LogP contribution is -2.26. The second kappa shape index (κ2) is 6.41. The molecule has 0 aliphatic rings. The van der Waals surface area contributed by atoms with E-state index in [1.54, 1.807) is 0 Å². The van der Waals surface area contributed by atoms with Gasteiger partial charge >= 0.3 is 0 Å². The van der Waals surface area contributed by atoms with Gasteiger partial charge in [0.1, 0.15) is 11.6 Å². The topological polar surface area (TPSA) is 64.0 Å². The highest BCUT2D eigenvalue weighted by Crippen LogP contribution is 2.09. The summed E-state index contributed by atoms with van der Waals surface area (Å²) < 4.78 is 27.4. The van der Waals surface area contributed by atoms with Crippen molar-refractivity contribution in [3.05, 3.63) is 88.5 Å². The zero-order chi connectivity index (χ0) is 17.1. The lowest BCUT2D eigenvalue weighted by atomic mass is 10.2. The van der Waals surface area contributed by atoms with Crippen LogP contribution in [0.15, 0.2) is 65.7 Å². The molecule has 0 aliphatic carbocycles. The van der Waals surface area contributed by atoms with Gasteiger partial charge < -0.3 is 5.32 Å². The molecule has 0 spiro atoms. The molecule has 0 radical (unpaired) electrons. The molecule has 0 saturated heterocycles. The number of carbonyl (C=O) groups is 1. The SMILES string of the molecule is O=C(Nc1nccn(-c2ccc(F)cc2)c1=O)c1cccc(F)c1. The fourth-order valence-electron chi connectivity index (χ4n) is 2.11. The van der Waals surface area contributed by atoms with Gasteiger partial charge in [-0.15, -0.1) is 0 Å². The average Bonchev–Trinajstić information content (AvgIpc) is 2.58. The highest BCUT2D eigenvalue weighted by Gasteiger charge is 2.12. The molecule has 3 rings (SSSR count). The summed E-state index contributed by atoms with van der Waals surface area (Å²) in [6.45, 7) is 0. The highest BCUT2D eigenvalue weighted by atomic mass is 19.1. The Morgan fingerprint density at radius 2 is 1.79 bits per heavy atom. The normalized spacial score (nSPS) is 10.4. The molecule has 24 heavy (non-hydrogen) atoms.